The van der Waals surface area contributed by atoms with Crippen molar-refractivity contribution in [3.05, 3.63) is 66.2 Å². The van der Waals surface area contributed by atoms with Gasteiger partial charge in [0.1, 0.15) is 12.2 Å². The molecule has 0 unspecified atom stereocenters. The fraction of sp³-hybridized carbons (Fsp3) is 0.318. The standard InChI is InChI=1S/C22H25N7O/c1-14(2)20(21-24-17-10-6-8-12-19(17)29(21)15(3)4)25-22(30)16-9-5-7-11-18(16)28-13-23-26-27-28/h5-15,20H,1-4H3,(H,25,30)/t20-/m0/s1. The van der Waals surface area contributed by atoms with Crippen LogP contribution in [0.3, 0.4) is 0 Å². The van der Waals surface area contributed by atoms with E-state index in [0.29, 0.717) is 11.3 Å². The first-order valence-electron chi connectivity index (χ1n) is 10.1. The number of carbonyl (C=O) groups excluding carboxylic acids is 1. The van der Waals surface area contributed by atoms with E-state index in [1.165, 1.54) is 11.0 Å². The first-order valence-corrected chi connectivity index (χ1v) is 10.1. The normalized spacial score (nSPS) is 12.6. The van der Waals surface area contributed by atoms with E-state index in [0.717, 1.165) is 16.9 Å². The van der Waals surface area contributed by atoms with Gasteiger partial charge < -0.3 is 9.88 Å². The molecule has 1 atom stereocenters. The van der Waals surface area contributed by atoms with Gasteiger partial charge in [0.25, 0.3) is 5.91 Å². The third kappa shape index (κ3) is 3.56. The van der Waals surface area contributed by atoms with Crippen molar-refractivity contribution >= 4 is 16.9 Å². The molecule has 0 spiro atoms. The summed E-state index contributed by atoms with van der Waals surface area (Å²) in [6, 6.07) is 15.3. The van der Waals surface area contributed by atoms with Crippen LogP contribution in [0.1, 0.15) is 56.0 Å². The van der Waals surface area contributed by atoms with E-state index in [2.05, 4.69) is 59.2 Å². The monoisotopic (exact) mass is 403 g/mol. The lowest BCUT2D eigenvalue weighted by atomic mass is 10.0. The van der Waals surface area contributed by atoms with Crippen molar-refractivity contribution < 1.29 is 4.79 Å². The van der Waals surface area contributed by atoms with Crippen molar-refractivity contribution in [2.24, 2.45) is 5.92 Å². The molecule has 0 aliphatic carbocycles. The molecule has 0 bridgehead atoms. The van der Waals surface area contributed by atoms with Gasteiger partial charge >= 0.3 is 0 Å². The number of nitrogens with zero attached hydrogens (tertiary/aromatic N) is 6. The van der Waals surface area contributed by atoms with Crippen LogP contribution in [0.2, 0.25) is 0 Å². The number of rotatable bonds is 6. The minimum atomic E-state index is -0.255. The Hall–Kier alpha value is -3.55. The molecule has 8 nitrogen and oxygen atoms in total. The zero-order chi connectivity index (χ0) is 21.3. The number of benzene rings is 2. The van der Waals surface area contributed by atoms with Gasteiger partial charge in [-0.05, 0) is 54.5 Å². The summed E-state index contributed by atoms with van der Waals surface area (Å²) in [5.74, 6) is 0.806. The van der Waals surface area contributed by atoms with Crippen LogP contribution in [0, 0.1) is 5.92 Å². The Kier molecular flexibility index (Phi) is 5.31. The molecular weight excluding hydrogens is 378 g/mol. The second kappa shape index (κ2) is 8.06. The van der Waals surface area contributed by atoms with Crippen LogP contribution >= 0.6 is 0 Å². The Morgan fingerprint density at radius 1 is 1.00 bits per heavy atom. The second-order valence-electron chi connectivity index (χ2n) is 7.89. The number of fused-ring (bicyclic) bond motifs is 1. The maximum atomic E-state index is 13.3. The van der Waals surface area contributed by atoms with Crippen molar-refractivity contribution in [3.63, 3.8) is 0 Å². The largest absolute Gasteiger partial charge is 0.342 e. The molecule has 154 valence electrons. The van der Waals surface area contributed by atoms with Gasteiger partial charge in [-0.3, -0.25) is 4.79 Å². The number of aromatic nitrogens is 6. The van der Waals surface area contributed by atoms with E-state index in [1.54, 1.807) is 6.07 Å². The molecule has 0 fully saturated rings. The summed E-state index contributed by atoms with van der Waals surface area (Å²) in [6.07, 6.45) is 1.48. The third-order valence-corrected chi connectivity index (χ3v) is 5.12. The number of carbonyl (C=O) groups is 1. The van der Waals surface area contributed by atoms with Crippen LogP contribution in [0.15, 0.2) is 54.9 Å². The van der Waals surface area contributed by atoms with E-state index >= 15 is 0 Å². The van der Waals surface area contributed by atoms with Gasteiger partial charge in [-0.15, -0.1) is 5.10 Å². The highest BCUT2D eigenvalue weighted by Crippen LogP contribution is 2.29. The van der Waals surface area contributed by atoms with Crippen molar-refractivity contribution in [1.82, 2.24) is 35.1 Å². The minimum Gasteiger partial charge on any atom is -0.342 e. The fourth-order valence-electron chi connectivity index (χ4n) is 3.71. The van der Waals surface area contributed by atoms with Gasteiger partial charge in [-0.25, -0.2) is 4.98 Å². The molecule has 0 saturated heterocycles. The Bertz CT molecular complexity index is 1160. The minimum absolute atomic E-state index is 0.142. The first-order chi connectivity index (χ1) is 14.5. The van der Waals surface area contributed by atoms with Gasteiger partial charge in [-0.2, -0.15) is 4.68 Å². The molecule has 0 aliphatic rings. The highest BCUT2D eigenvalue weighted by molar-refractivity contribution is 5.98. The topological polar surface area (TPSA) is 90.5 Å². The number of para-hydroxylation sites is 3. The Morgan fingerprint density at radius 2 is 1.73 bits per heavy atom. The average Bonchev–Trinajstić information content (AvgIpc) is 3.39. The van der Waals surface area contributed by atoms with Crippen molar-refractivity contribution in [2.75, 3.05) is 0 Å². The zero-order valence-electron chi connectivity index (χ0n) is 17.5. The third-order valence-electron chi connectivity index (χ3n) is 5.12. The number of hydrogen-bond donors (Lipinski definition) is 1. The van der Waals surface area contributed by atoms with Crippen molar-refractivity contribution in [1.29, 1.82) is 0 Å². The van der Waals surface area contributed by atoms with Crippen LogP contribution in [0.25, 0.3) is 16.7 Å². The van der Waals surface area contributed by atoms with Crippen LogP contribution in [-0.4, -0.2) is 35.7 Å². The van der Waals surface area contributed by atoms with E-state index < -0.39 is 0 Å². The average molecular weight is 403 g/mol. The summed E-state index contributed by atoms with van der Waals surface area (Å²) in [6.45, 7) is 8.43. The number of amides is 1. The summed E-state index contributed by atoms with van der Waals surface area (Å²) in [7, 11) is 0. The highest BCUT2D eigenvalue weighted by Gasteiger charge is 2.27. The maximum Gasteiger partial charge on any atom is 0.254 e. The molecule has 2 heterocycles. The van der Waals surface area contributed by atoms with Crippen LogP contribution < -0.4 is 5.32 Å². The number of imidazole rings is 1. The fourth-order valence-corrected chi connectivity index (χ4v) is 3.71. The first kappa shape index (κ1) is 19.8. The summed E-state index contributed by atoms with van der Waals surface area (Å²) in [5.41, 5.74) is 3.12. The quantitative estimate of drug-likeness (QED) is 0.530. The van der Waals surface area contributed by atoms with E-state index in [1.807, 2.05) is 36.4 Å². The molecule has 0 radical (unpaired) electrons. The number of tetrazole rings is 1. The molecule has 4 rings (SSSR count). The lowest BCUT2D eigenvalue weighted by Gasteiger charge is -2.25. The van der Waals surface area contributed by atoms with Gasteiger partial charge in [0.2, 0.25) is 0 Å². The molecule has 0 aliphatic heterocycles. The molecule has 2 aromatic carbocycles. The molecule has 1 N–H and O–H groups in total. The molecule has 8 heteroatoms. The lowest BCUT2D eigenvalue weighted by molar-refractivity contribution is 0.0921. The van der Waals surface area contributed by atoms with Gasteiger partial charge in [0.05, 0.1) is 28.3 Å². The van der Waals surface area contributed by atoms with Gasteiger partial charge in [0.15, 0.2) is 0 Å². The summed E-state index contributed by atoms with van der Waals surface area (Å²) in [4.78, 5) is 18.2. The Morgan fingerprint density at radius 3 is 2.43 bits per heavy atom. The second-order valence-corrected chi connectivity index (χ2v) is 7.89. The lowest BCUT2D eigenvalue weighted by Crippen LogP contribution is -2.34. The van der Waals surface area contributed by atoms with E-state index in [-0.39, 0.29) is 23.9 Å². The summed E-state index contributed by atoms with van der Waals surface area (Å²) < 4.78 is 3.69. The Balaban J connectivity index is 1.74. The van der Waals surface area contributed by atoms with E-state index in [9.17, 15) is 4.79 Å². The predicted molar refractivity (Wildman–Crippen MR) is 114 cm³/mol. The predicted octanol–water partition coefficient (Wildman–Crippen LogP) is 3.72. The summed E-state index contributed by atoms with van der Waals surface area (Å²) in [5, 5.41) is 14.5. The number of hydrogen-bond acceptors (Lipinski definition) is 5. The van der Waals surface area contributed by atoms with Crippen LogP contribution in [-0.2, 0) is 0 Å². The molecule has 2 aromatic heterocycles. The molecule has 30 heavy (non-hydrogen) atoms. The molecular formula is C22H25N7O. The van der Waals surface area contributed by atoms with Crippen molar-refractivity contribution in [3.8, 4) is 5.69 Å². The SMILES string of the molecule is CC(C)[C@H](NC(=O)c1ccccc1-n1cnnn1)c1nc2ccccc2n1C(C)C. The van der Waals surface area contributed by atoms with Gasteiger partial charge in [-0.1, -0.05) is 38.1 Å². The Labute approximate surface area is 174 Å². The zero-order valence-corrected chi connectivity index (χ0v) is 17.5. The van der Waals surface area contributed by atoms with Gasteiger partial charge in [0, 0.05) is 6.04 Å². The molecule has 4 aromatic rings. The van der Waals surface area contributed by atoms with E-state index in [4.69, 9.17) is 4.98 Å². The molecule has 1 amide bonds. The van der Waals surface area contributed by atoms with Crippen LogP contribution in [0.5, 0.6) is 0 Å². The number of nitrogens with one attached hydrogen (secondary N) is 1. The maximum absolute atomic E-state index is 13.3. The van der Waals surface area contributed by atoms with Crippen LogP contribution in [0.4, 0.5) is 0 Å². The summed E-state index contributed by atoms with van der Waals surface area (Å²) >= 11 is 0. The van der Waals surface area contributed by atoms with Crippen molar-refractivity contribution in [2.45, 2.75) is 39.8 Å². The molecule has 0 saturated carbocycles. The smallest absolute Gasteiger partial charge is 0.254 e. The highest BCUT2D eigenvalue weighted by atomic mass is 16.1.